The molecule has 6 heteroatoms. The van der Waals surface area contributed by atoms with Gasteiger partial charge in [0.1, 0.15) is 18.1 Å². The van der Waals surface area contributed by atoms with Crippen LogP contribution in [0, 0.1) is 0 Å². The number of furan rings is 1. The topological polar surface area (TPSA) is 80.9 Å². The first-order chi connectivity index (χ1) is 13.8. The first kappa shape index (κ1) is 24.7. The number of aliphatic hydroxyl groups is 1. The molecule has 0 bridgehead atoms. The van der Waals surface area contributed by atoms with Crippen LogP contribution in [0.4, 0.5) is 0 Å². The van der Waals surface area contributed by atoms with Crippen molar-refractivity contribution in [1.82, 2.24) is 5.32 Å². The predicted octanol–water partition coefficient (Wildman–Crippen LogP) is 4.34. The molecule has 1 aromatic rings. The van der Waals surface area contributed by atoms with Crippen molar-refractivity contribution >= 4 is 5.97 Å². The molecule has 0 atom stereocenters. The number of rotatable bonds is 19. The van der Waals surface area contributed by atoms with Crippen molar-refractivity contribution in [2.75, 3.05) is 26.4 Å². The van der Waals surface area contributed by atoms with Crippen LogP contribution in [0.2, 0.25) is 0 Å². The van der Waals surface area contributed by atoms with Gasteiger partial charge in [-0.2, -0.15) is 0 Å². The quantitative estimate of drug-likeness (QED) is 0.267. The van der Waals surface area contributed by atoms with Crippen LogP contribution in [-0.4, -0.2) is 37.4 Å². The fourth-order valence-electron chi connectivity index (χ4n) is 2.92. The van der Waals surface area contributed by atoms with Crippen LogP contribution in [0.15, 0.2) is 16.5 Å². The van der Waals surface area contributed by atoms with Gasteiger partial charge >= 0.3 is 5.97 Å². The number of carbonyl (C=O) groups is 1. The van der Waals surface area contributed by atoms with E-state index in [1.54, 1.807) is 0 Å². The Morgan fingerprint density at radius 3 is 2.39 bits per heavy atom. The minimum atomic E-state index is -0.153. The Morgan fingerprint density at radius 1 is 1.00 bits per heavy atom. The van der Waals surface area contributed by atoms with Crippen molar-refractivity contribution in [1.29, 1.82) is 0 Å². The van der Waals surface area contributed by atoms with Gasteiger partial charge in [0, 0.05) is 13.0 Å². The Labute approximate surface area is 170 Å². The van der Waals surface area contributed by atoms with Crippen molar-refractivity contribution in [2.45, 2.75) is 84.3 Å². The zero-order chi connectivity index (χ0) is 20.3. The summed E-state index contributed by atoms with van der Waals surface area (Å²) in [7, 11) is 0. The summed E-state index contributed by atoms with van der Waals surface area (Å²) in [5, 5.41) is 11.8. The molecule has 1 rings (SSSR count). The lowest BCUT2D eigenvalue weighted by molar-refractivity contribution is -0.145. The summed E-state index contributed by atoms with van der Waals surface area (Å²) >= 11 is 0. The number of nitrogens with one attached hydrogen (secondary N) is 1. The molecule has 1 heterocycles. The highest BCUT2D eigenvalue weighted by molar-refractivity contribution is 5.69. The van der Waals surface area contributed by atoms with E-state index in [0.717, 1.165) is 18.6 Å². The minimum Gasteiger partial charge on any atom is -0.461 e. The summed E-state index contributed by atoms with van der Waals surface area (Å²) < 4.78 is 16.1. The molecular weight excluding hydrogens is 358 g/mol. The molecule has 0 amide bonds. The maximum Gasteiger partial charge on any atom is 0.306 e. The fraction of sp³-hybridized carbons (Fsp3) is 0.773. The lowest BCUT2D eigenvalue weighted by atomic mass is 10.1. The molecule has 0 radical (unpaired) electrons. The summed E-state index contributed by atoms with van der Waals surface area (Å²) in [6.07, 6.45) is 11.6. The van der Waals surface area contributed by atoms with Gasteiger partial charge in [-0.05, 0) is 18.6 Å². The maximum atomic E-state index is 11.8. The normalized spacial score (nSPS) is 11.1. The molecule has 2 N–H and O–H groups in total. The lowest BCUT2D eigenvalue weighted by Crippen LogP contribution is -2.19. The second-order valence-electron chi connectivity index (χ2n) is 7.12. The molecule has 0 saturated heterocycles. The van der Waals surface area contributed by atoms with E-state index >= 15 is 0 Å². The number of hydrogen-bond donors (Lipinski definition) is 2. The highest BCUT2D eigenvalue weighted by Crippen LogP contribution is 2.12. The van der Waals surface area contributed by atoms with E-state index in [-0.39, 0.29) is 19.2 Å². The van der Waals surface area contributed by atoms with E-state index in [4.69, 9.17) is 19.0 Å². The number of carbonyl (C=O) groups excluding carboxylic acids is 1. The van der Waals surface area contributed by atoms with Gasteiger partial charge in [0.15, 0.2) is 0 Å². The van der Waals surface area contributed by atoms with Gasteiger partial charge in [0.2, 0.25) is 0 Å². The van der Waals surface area contributed by atoms with E-state index in [1.165, 1.54) is 44.9 Å². The monoisotopic (exact) mass is 397 g/mol. The van der Waals surface area contributed by atoms with Crippen molar-refractivity contribution in [3.63, 3.8) is 0 Å². The fourth-order valence-corrected chi connectivity index (χ4v) is 2.92. The molecular formula is C22H39NO5. The third-order valence-corrected chi connectivity index (χ3v) is 4.54. The highest BCUT2D eigenvalue weighted by atomic mass is 16.5. The molecule has 28 heavy (non-hydrogen) atoms. The average molecular weight is 398 g/mol. The largest absolute Gasteiger partial charge is 0.461 e. The van der Waals surface area contributed by atoms with E-state index in [1.807, 2.05) is 12.1 Å². The molecule has 0 unspecified atom stereocenters. The van der Waals surface area contributed by atoms with Crippen LogP contribution in [0.3, 0.4) is 0 Å². The first-order valence-electron chi connectivity index (χ1n) is 10.9. The van der Waals surface area contributed by atoms with Crippen molar-refractivity contribution in [2.24, 2.45) is 0 Å². The van der Waals surface area contributed by atoms with Gasteiger partial charge in [-0.25, -0.2) is 0 Å². The van der Waals surface area contributed by atoms with Crippen LogP contribution in [0.25, 0.3) is 0 Å². The van der Waals surface area contributed by atoms with Gasteiger partial charge in [-0.1, -0.05) is 58.3 Å². The van der Waals surface area contributed by atoms with Crippen molar-refractivity contribution in [3.8, 4) is 0 Å². The van der Waals surface area contributed by atoms with Gasteiger partial charge in [0.05, 0.1) is 26.4 Å². The van der Waals surface area contributed by atoms with Crippen LogP contribution >= 0.6 is 0 Å². The van der Waals surface area contributed by atoms with Gasteiger partial charge in [-0.15, -0.1) is 0 Å². The van der Waals surface area contributed by atoms with E-state index < -0.39 is 0 Å². The number of esters is 1. The Morgan fingerprint density at radius 2 is 1.68 bits per heavy atom. The smallest absolute Gasteiger partial charge is 0.306 e. The second kappa shape index (κ2) is 17.7. The van der Waals surface area contributed by atoms with E-state index in [2.05, 4.69) is 12.2 Å². The van der Waals surface area contributed by atoms with Crippen molar-refractivity contribution < 1.29 is 23.8 Å². The van der Waals surface area contributed by atoms with Gasteiger partial charge in [0.25, 0.3) is 0 Å². The number of ether oxygens (including phenoxy) is 2. The molecule has 0 aliphatic carbocycles. The zero-order valence-electron chi connectivity index (χ0n) is 17.5. The third kappa shape index (κ3) is 13.7. The average Bonchev–Trinajstić information content (AvgIpc) is 3.15. The highest BCUT2D eigenvalue weighted by Gasteiger charge is 2.07. The van der Waals surface area contributed by atoms with E-state index in [0.29, 0.717) is 38.5 Å². The Balaban J connectivity index is 1.98. The summed E-state index contributed by atoms with van der Waals surface area (Å²) in [6.45, 7) is 4.65. The second-order valence-corrected chi connectivity index (χ2v) is 7.12. The predicted molar refractivity (Wildman–Crippen MR) is 110 cm³/mol. The van der Waals surface area contributed by atoms with Crippen LogP contribution in [0.5, 0.6) is 0 Å². The maximum absolute atomic E-state index is 11.8. The molecule has 0 aliphatic heterocycles. The van der Waals surface area contributed by atoms with Gasteiger partial charge in [-0.3, -0.25) is 4.79 Å². The first-order valence-corrected chi connectivity index (χ1v) is 10.9. The third-order valence-electron chi connectivity index (χ3n) is 4.54. The van der Waals surface area contributed by atoms with E-state index in [9.17, 15) is 4.79 Å². The Bertz CT molecular complexity index is 489. The molecule has 0 aliphatic rings. The summed E-state index contributed by atoms with van der Waals surface area (Å²) in [4.78, 5) is 11.8. The zero-order valence-corrected chi connectivity index (χ0v) is 17.5. The Hall–Kier alpha value is -1.37. The van der Waals surface area contributed by atoms with Gasteiger partial charge < -0.3 is 24.3 Å². The number of hydrogen-bond acceptors (Lipinski definition) is 6. The number of unbranched alkanes of at least 4 members (excludes halogenated alkanes) is 8. The molecule has 0 fully saturated rings. The molecule has 0 aromatic carbocycles. The molecule has 6 nitrogen and oxygen atoms in total. The SMILES string of the molecule is CCCCCCCCCCCC(=O)OCc1ccc(CNCCOCCO)o1. The standard InChI is InChI=1S/C22H39NO5/c1-2-3-4-5-6-7-8-9-10-11-22(25)27-19-21-13-12-20(28-21)18-23-14-16-26-17-15-24/h12-13,23-24H,2-11,14-19H2,1H3. The molecule has 0 saturated carbocycles. The Kier molecular flexibility index (Phi) is 15.6. The molecule has 162 valence electrons. The number of aliphatic hydroxyl groups excluding tert-OH is 1. The van der Waals surface area contributed by atoms with Crippen LogP contribution in [0.1, 0.15) is 82.7 Å². The van der Waals surface area contributed by atoms with Crippen LogP contribution in [-0.2, 0) is 27.4 Å². The molecule has 0 spiro atoms. The summed E-state index contributed by atoms with van der Waals surface area (Å²) in [5.41, 5.74) is 0. The van der Waals surface area contributed by atoms with Crippen LogP contribution < -0.4 is 5.32 Å². The van der Waals surface area contributed by atoms with Crippen molar-refractivity contribution in [3.05, 3.63) is 23.7 Å². The summed E-state index contributed by atoms with van der Waals surface area (Å²) in [5.74, 6) is 1.31. The molecule has 1 aromatic heterocycles. The summed E-state index contributed by atoms with van der Waals surface area (Å²) in [6, 6.07) is 3.72. The lowest BCUT2D eigenvalue weighted by Gasteiger charge is -2.04. The minimum absolute atomic E-state index is 0.0411.